The van der Waals surface area contributed by atoms with Crippen LogP contribution in [0.2, 0.25) is 10.6 Å². The molecule has 0 heterocycles. The van der Waals surface area contributed by atoms with E-state index >= 15 is 0 Å². The number of hydrogen-bond donors (Lipinski definition) is 0. The Balaban J connectivity index is 3.46. The van der Waals surface area contributed by atoms with Gasteiger partial charge in [0.1, 0.15) is 0 Å². The molecule has 0 aromatic rings. The Labute approximate surface area is 62.1 Å². The predicted molar refractivity (Wildman–Crippen MR) is 37.7 cm³/mol. The van der Waals surface area contributed by atoms with E-state index in [0.29, 0.717) is 21.6 Å². The molecule has 0 spiro atoms. The zero-order valence-electron chi connectivity index (χ0n) is 6.01. The van der Waals surface area contributed by atoms with Crippen LogP contribution in [0.3, 0.4) is 0 Å². The van der Waals surface area contributed by atoms with Crippen LogP contribution < -0.4 is 0 Å². The van der Waals surface area contributed by atoms with Crippen LogP contribution in [0.15, 0.2) is 0 Å². The van der Waals surface area contributed by atoms with E-state index in [1.807, 2.05) is 19.7 Å². The van der Waals surface area contributed by atoms with Crippen molar-refractivity contribution in [3.63, 3.8) is 0 Å². The third-order valence-corrected chi connectivity index (χ3v) is 2.86. The molecule has 0 bridgehead atoms. The number of hydrogen-bond acceptors (Lipinski definition) is 2. The second-order valence-corrected chi connectivity index (χ2v) is 4.10. The van der Waals surface area contributed by atoms with Gasteiger partial charge in [-0.05, 0) is 0 Å². The van der Waals surface area contributed by atoms with Gasteiger partial charge in [-0.15, -0.1) is 0 Å². The van der Waals surface area contributed by atoms with Crippen molar-refractivity contribution in [3.05, 3.63) is 0 Å². The molecule has 0 saturated heterocycles. The molecular formula is C6H12O2Se. The van der Waals surface area contributed by atoms with Gasteiger partial charge in [-0.1, -0.05) is 0 Å². The van der Waals surface area contributed by atoms with Gasteiger partial charge in [-0.2, -0.15) is 0 Å². The second-order valence-electron chi connectivity index (χ2n) is 1.63. The molecular weight excluding hydrogens is 183 g/mol. The third kappa shape index (κ3) is 3.55. The second kappa shape index (κ2) is 4.83. The number of rotatable bonds is 3. The maximum atomic E-state index is 10.8. The van der Waals surface area contributed by atoms with Crippen molar-refractivity contribution in [2.45, 2.75) is 24.5 Å². The topological polar surface area (TPSA) is 26.3 Å². The Morgan fingerprint density at radius 3 is 2.67 bits per heavy atom. The van der Waals surface area contributed by atoms with Gasteiger partial charge in [0.2, 0.25) is 0 Å². The van der Waals surface area contributed by atoms with Gasteiger partial charge in [0, 0.05) is 0 Å². The quantitative estimate of drug-likeness (QED) is 0.498. The van der Waals surface area contributed by atoms with Crippen molar-refractivity contribution in [1.82, 2.24) is 0 Å². The normalized spacial score (nSPS) is 12.8. The fraction of sp³-hybridized carbons (Fsp3) is 0.833. The van der Waals surface area contributed by atoms with Crippen LogP contribution in [0.5, 0.6) is 0 Å². The molecule has 0 fully saturated rings. The SMILES string of the molecule is CCOC(=O)C(C)[Se]C. The summed E-state index contributed by atoms with van der Waals surface area (Å²) in [7, 11) is 0. The molecule has 3 heteroatoms. The third-order valence-electron chi connectivity index (χ3n) is 0.972. The van der Waals surface area contributed by atoms with Gasteiger partial charge >= 0.3 is 61.6 Å². The summed E-state index contributed by atoms with van der Waals surface area (Å²) in [5.41, 5.74) is 0. The average Bonchev–Trinajstić information content (AvgIpc) is 1.87. The molecule has 0 aromatic heterocycles. The summed E-state index contributed by atoms with van der Waals surface area (Å²) in [6, 6.07) is 0. The standard InChI is InChI=1S/C6H12O2Se/c1-4-8-6(7)5(2)9-3/h5H,4H2,1-3H3. The van der Waals surface area contributed by atoms with E-state index in [1.54, 1.807) is 0 Å². The first-order valence-electron chi connectivity index (χ1n) is 2.91. The Bertz CT molecular complexity index is 93.1. The van der Waals surface area contributed by atoms with Crippen LogP contribution in [-0.4, -0.2) is 27.5 Å². The van der Waals surface area contributed by atoms with Crippen molar-refractivity contribution < 1.29 is 9.53 Å². The van der Waals surface area contributed by atoms with Crippen molar-refractivity contribution in [2.75, 3.05) is 6.61 Å². The molecule has 0 radical (unpaired) electrons. The van der Waals surface area contributed by atoms with Crippen molar-refractivity contribution in [1.29, 1.82) is 0 Å². The molecule has 0 aliphatic carbocycles. The van der Waals surface area contributed by atoms with Gasteiger partial charge in [0.05, 0.1) is 0 Å². The van der Waals surface area contributed by atoms with E-state index in [-0.39, 0.29) is 10.8 Å². The fourth-order valence-corrected chi connectivity index (χ4v) is 0.902. The molecule has 0 N–H and O–H groups in total. The van der Waals surface area contributed by atoms with Crippen molar-refractivity contribution in [3.8, 4) is 0 Å². The Hall–Kier alpha value is -0.0105. The van der Waals surface area contributed by atoms with E-state index in [2.05, 4.69) is 0 Å². The molecule has 0 aliphatic heterocycles. The summed E-state index contributed by atoms with van der Waals surface area (Å²) >= 11 is 0.381. The van der Waals surface area contributed by atoms with Crippen LogP contribution >= 0.6 is 0 Å². The molecule has 2 nitrogen and oxygen atoms in total. The van der Waals surface area contributed by atoms with Crippen molar-refractivity contribution >= 4 is 20.9 Å². The summed E-state index contributed by atoms with van der Waals surface area (Å²) in [6.07, 6.45) is 0. The van der Waals surface area contributed by atoms with Gasteiger partial charge in [-0.25, -0.2) is 0 Å². The molecule has 0 rings (SSSR count). The molecule has 1 atom stereocenters. The minimum atomic E-state index is -0.0556. The van der Waals surface area contributed by atoms with Gasteiger partial charge in [0.15, 0.2) is 0 Å². The number of carbonyl (C=O) groups is 1. The minimum absolute atomic E-state index is 0.0556. The van der Waals surface area contributed by atoms with Crippen LogP contribution in [0.1, 0.15) is 13.8 Å². The van der Waals surface area contributed by atoms with E-state index in [1.165, 1.54) is 0 Å². The summed E-state index contributed by atoms with van der Waals surface area (Å²) in [6.45, 7) is 4.23. The summed E-state index contributed by atoms with van der Waals surface area (Å²) in [4.78, 5) is 10.9. The first-order chi connectivity index (χ1) is 4.22. The molecule has 0 aliphatic rings. The fourth-order valence-electron chi connectivity index (χ4n) is 0.356. The predicted octanol–water partition coefficient (Wildman–Crippen LogP) is 1.11. The molecule has 0 saturated carbocycles. The summed E-state index contributed by atoms with van der Waals surface area (Å²) in [5, 5.41) is 0. The Kier molecular flexibility index (Phi) is 4.82. The molecule has 54 valence electrons. The molecule has 0 amide bonds. The van der Waals surface area contributed by atoms with Crippen molar-refractivity contribution in [2.24, 2.45) is 0 Å². The van der Waals surface area contributed by atoms with Crippen LogP contribution in [0.4, 0.5) is 0 Å². The van der Waals surface area contributed by atoms with E-state index in [0.717, 1.165) is 0 Å². The number of esters is 1. The first kappa shape index (κ1) is 8.99. The molecule has 9 heavy (non-hydrogen) atoms. The average molecular weight is 195 g/mol. The number of carbonyl (C=O) groups excluding carboxylic acids is 1. The Morgan fingerprint density at radius 1 is 1.78 bits per heavy atom. The zero-order chi connectivity index (χ0) is 7.28. The van der Waals surface area contributed by atoms with Crippen LogP contribution in [0, 0.1) is 0 Å². The molecule has 1 unspecified atom stereocenters. The Morgan fingerprint density at radius 2 is 2.33 bits per heavy atom. The van der Waals surface area contributed by atoms with Gasteiger partial charge in [-0.3, -0.25) is 0 Å². The van der Waals surface area contributed by atoms with Gasteiger partial charge < -0.3 is 0 Å². The zero-order valence-corrected chi connectivity index (χ0v) is 7.72. The summed E-state index contributed by atoms with van der Waals surface area (Å²) < 4.78 is 4.77. The maximum absolute atomic E-state index is 10.8. The van der Waals surface area contributed by atoms with E-state index in [4.69, 9.17) is 4.74 Å². The molecule has 0 aromatic carbocycles. The summed E-state index contributed by atoms with van der Waals surface area (Å²) in [5.74, 6) is 1.98. The van der Waals surface area contributed by atoms with Crippen LogP contribution in [0.25, 0.3) is 0 Å². The van der Waals surface area contributed by atoms with E-state index in [9.17, 15) is 4.79 Å². The monoisotopic (exact) mass is 196 g/mol. The first-order valence-corrected chi connectivity index (χ1v) is 5.62. The number of ether oxygens (including phenoxy) is 1. The van der Waals surface area contributed by atoms with Gasteiger partial charge in [0.25, 0.3) is 0 Å². The van der Waals surface area contributed by atoms with E-state index < -0.39 is 0 Å². The van der Waals surface area contributed by atoms with Crippen LogP contribution in [-0.2, 0) is 9.53 Å².